The third-order valence-electron chi connectivity index (χ3n) is 4.48. The van der Waals surface area contributed by atoms with E-state index in [4.69, 9.17) is 0 Å². The highest BCUT2D eigenvalue weighted by Crippen LogP contribution is 2.20. The molecule has 0 saturated carbocycles. The molecule has 0 aromatic heterocycles. The van der Waals surface area contributed by atoms with Crippen LogP contribution < -0.4 is 5.32 Å². The molecule has 29 heavy (non-hydrogen) atoms. The topological polar surface area (TPSA) is 78.8 Å². The van der Waals surface area contributed by atoms with Crippen LogP contribution in [0.4, 0.5) is 4.39 Å². The lowest BCUT2D eigenvalue weighted by atomic mass is 10.1. The zero-order valence-corrected chi connectivity index (χ0v) is 16.8. The lowest BCUT2D eigenvalue weighted by Crippen LogP contribution is -2.35. The Labute approximate surface area is 170 Å². The molecule has 0 radical (unpaired) electrons. The molecular formula is C21H22FN3O3S. The molecule has 3 rings (SSSR count). The van der Waals surface area contributed by atoms with Crippen molar-refractivity contribution in [2.24, 2.45) is 4.40 Å². The van der Waals surface area contributed by atoms with E-state index >= 15 is 0 Å². The first-order valence-corrected chi connectivity index (χ1v) is 10.6. The van der Waals surface area contributed by atoms with Crippen molar-refractivity contribution in [3.8, 4) is 0 Å². The Bertz CT molecular complexity index is 1030. The third-order valence-corrected chi connectivity index (χ3v) is 5.81. The molecule has 2 aromatic carbocycles. The predicted octanol–water partition coefficient (Wildman–Crippen LogP) is 2.98. The molecule has 0 atom stereocenters. The van der Waals surface area contributed by atoms with Gasteiger partial charge in [-0.2, -0.15) is 8.42 Å². The minimum absolute atomic E-state index is 0.0375. The van der Waals surface area contributed by atoms with Crippen LogP contribution in [-0.4, -0.2) is 30.9 Å². The second-order valence-electron chi connectivity index (χ2n) is 6.71. The number of nitrogens with zero attached hydrogens (tertiary/aromatic N) is 2. The summed E-state index contributed by atoms with van der Waals surface area (Å²) in [6, 6.07) is 15.4. The monoisotopic (exact) mass is 415 g/mol. The van der Waals surface area contributed by atoms with Crippen LogP contribution in [0.15, 0.2) is 70.8 Å². The molecule has 1 aliphatic heterocycles. The standard InChI is InChI=1S/C21H22FN3O3S/c1-16-20(21(26)23-13-5-8-17-6-3-2-4-7-17)15-25(29(27,28)24-16)14-18-9-11-19(22)12-10-18/h2-4,6-7,9-12,15H,5,8,13-14H2,1H3,(H,23,26). The van der Waals surface area contributed by atoms with Crippen molar-refractivity contribution < 1.29 is 17.6 Å². The molecule has 1 aliphatic rings. The first kappa shape index (κ1) is 20.7. The third kappa shape index (κ3) is 5.51. The number of carbonyl (C=O) groups excluding carboxylic acids is 1. The van der Waals surface area contributed by atoms with Crippen molar-refractivity contribution in [3.63, 3.8) is 0 Å². The lowest BCUT2D eigenvalue weighted by molar-refractivity contribution is -0.117. The zero-order valence-electron chi connectivity index (χ0n) is 16.0. The first-order chi connectivity index (χ1) is 13.8. The highest BCUT2D eigenvalue weighted by Gasteiger charge is 2.28. The Kier molecular flexibility index (Phi) is 6.43. The van der Waals surface area contributed by atoms with Gasteiger partial charge in [0.15, 0.2) is 0 Å². The van der Waals surface area contributed by atoms with Crippen molar-refractivity contribution in [1.29, 1.82) is 0 Å². The number of hydrogen-bond donors (Lipinski definition) is 1. The SMILES string of the molecule is CC1=NS(=O)(=O)N(Cc2ccc(F)cc2)C=C1C(=O)NCCCc1ccccc1. The molecular weight excluding hydrogens is 393 g/mol. The van der Waals surface area contributed by atoms with Crippen LogP contribution >= 0.6 is 0 Å². The van der Waals surface area contributed by atoms with Gasteiger partial charge >= 0.3 is 10.2 Å². The highest BCUT2D eigenvalue weighted by molar-refractivity contribution is 7.88. The molecule has 0 unspecified atom stereocenters. The van der Waals surface area contributed by atoms with Crippen LogP contribution in [0, 0.1) is 5.82 Å². The minimum Gasteiger partial charge on any atom is -0.352 e. The summed E-state index contributed by atoms with van der Waals surface area (Å²) in [5.74, 6) is -0.784. The second-order valence-corrected chi connectivity index (χ2v) is 8.26. The number of carbonyl (C=O) groups is 1. The molecule has 0 bridgehead atoms. The van der Waals surface area contributed by atoms with Gasteiger partial charge in [-0.3, -0.25) is 9.10 Å². The predicted molar refractivity (Wildman–Crippen MR) is 110 cm³/mol. The van der Waals surface area contributed by atoms with E-state index in [1.54, 1.807) is 0 Å². The van der Waals surface area contributed by atoms with Crippen molar-refractivity contribution in [1.82, 2.24) is 9.62 Å². The van der Waals surface area contributed by atoms with Gasteiger partial charge in [0.2, 0.25) is 0 Å². The minimum atomic E-state index is -3.94. The van der Waals surface area contributed by atoms with Crippen LogP contribution in [0.2, 0.25) is 0 Å². The van der Waals surface area contributed by atoms with E-state index in [0.717, 1.165) is 17.1 Å². The van der Waals surface area contributed by atoms with Gasteiger partial charge in [-0.05, 0) is 43.0 Å². The maximum Gasteiger partial charge on any atom is 0.344 e. The zero-order chi connectivity index (χ0) is 20.9. The number of benzene rings is 2. The molecule has 1 N–H and O–H groups in total. The maximum absolute atomic E-state index is 13.1. The van der Waals surface area contributed by atoms with E-state index < -0.39 is 16.0 Å². The van der Waals surface area contributed by atoms with Gasteiger partial charge in [0.05, 0.1) is 17.8 Å². The van der Waals surface area contributed by atoms with Gasteiger partial charge in [0.1, 0.15) is 5.82 Å². The van der Waals surface area contributed by atoms with Crippen molar-refractivity contribution >= 4 is 21.8 Å². The summed E-state index contributed by atoms with van der Waals surface area (Å²) in [5, 5.41) is 2.81. The quantitative estimate of drug-likeness (QED) is 0.706. The van der Waals surface area contributed by atoms with Crippen LogP contribution in [-0.2, 0) is 28.0 Å². The summed E-state index contributed by atoms with van der Waals surface area (Å²) in [4.78, 5) is 12.5. The average Bonchev–Trinajstić information content (AvgIpc) is 2.69. The summed E-state index contributed by atoms with van der Waals surface area (Å²) in [6.07, 6.45) is 2.88. The van der Waals surface area contributed by atoms with E-state index in [9.17, 15) is 17.6 Å². The fourth-order valence-electron chi connectivity index (χ4n) is 2.93. The Balaban J connectivity index is 1.64. The highest BCUT2D eigenvalue weighted by atomic mass is 32.2. The average molecular weight is 415 g/mol. The molecule has 152 valence electrons. The van der Waals surface area contributed by atoms with Crippen molar-refractivity contribution in [2.75, 3.05) is 6.54 Å². The number of hydrogen-bond acceptors (Lipinski definition) is 3. The second kappa shape index (κ2) is 9.00. The molecule has 1 amide bonds. The van der Waals surface area contributed by atoms with E-state index in [0.29, 0.717) is 12.1 Å². The Morgan fingerprint density at radius 2 is 1.76 bits per heavy atom. The number of halogens is 1. The van der Waals surface area contributed by atoms with Gasteiger partial charge in [0.25, 0.3) is 5.91 Å². The Morgan fingerprint density at radius 3 is 2.45 bits per heavy atom. The summed E-state index contributed by atoms with van der Waals surface area (Å²) >= 11 is 0. The summed E-state index contributed by atoms with van der Waals surface area (Å²) in [6.45, 7) is 1.91. The molecule has 0 fully saturated rings. The van der Waals surface area contributed by atoms with Crippen LogP contribution in [0.25, 0.3) is 0 Å². The fourth-order valence-corrected chi connectivity index (χ4v) is 4.03. The van der Waals surface area contributed by atoms with E-state index in [2.05, 4.69) is 9.71 Å². The van der Waals surface area contributed by atoms with E-state index in [1.165, 1.54) is 43.0 Å². The molecule has 0 aliphatic carbocycles. The Hall–Kier alpha value is -3.00. The van der Waals surface area contributed by atoms with Crippen molar-refractivity contribution in [2.45, 2.75) is 26.3 Å². The number of amides is 1. The number of rotatable bonds is 7. The molecule has 0 spiro atoms. The molecule has 1 heterocycles. The van der Waals surface area contributed by atoms with Gasteiger partial charge in [-0.1, -0.05) is 42.5 Å². The van der Waals surface area contributed by atoms with Gasteiger partial charge < -0.3 is 5.32 Å². The molecule has 0 saturated heterocycles. The van der Waals surface area contributed by atoms with Gasteiger partial charge in [0, 0.05) is 12.7 Å². The largest absolute Gasteiger partial charge is 0.352 e. The molecule has 8 heteroatoms. The van der Waals surface area contributed by atoms with Crippen molar-refractivity contribution in [3.05, 3.63) is 83.3 Å². The smallest absolute Gasteiger partial charge is 0.344 e. The van der Waals surface area contributed by atoms with E-state index in [-0.39, 0.29) is 23.7 Å². The Morgan fingerprint density at radius 1 is 1.07 bits per heavy atom. The maximum atomic E-state index is 13.1. The fraction of sp³-hybridized carbons (Fsp3) is 0.238. The van der Waals surface area contributed by atoms with Crippen LogP contribution in [0.3, 0.4) is 0 Å². The lowest BCUT2D eigenvalue weighted by Gasteiger charge is -2.23. The molecule has 6 nitrogen and oxygen atoms in total. The summed E-state index contributed by atoms with van der Waals surface area (Å²) in [7, 11) is -3.94. The summed E-state index contributed by atoms with van der Waals surface area (Å²) < 4.78 is 42.4. The number of aryl methyl sites for hydroxylation is 1. The van der Waals surface area contributed by atoms with Gasteiger partial charge in [-0.15, -0.1) is 4.40 Å². The number of nitrogens with one attached hydrogen (secondary N) is 1. The summed E-state index contributed by atoms with van der Waals surface area (Å²) in [5.41, 5.74) is 2.11. The first-order valence-electron chi connectivity index (χ1n) is 9.22. The van der Waals surface area contributed by atoms with E-state index in [1.807, 2.05) is 30.3 Å². The van der Waals surface area contributed by atoms with Crippen LogP contribution in [0.1, 0.15) is 24.5 Å². The van der Waals surface area contributed by atoms with Gasteiger partial charge in [-0.25, -0.2) is 4.39 Å². The van der Waals surface area contributed by atoms with Crippen LogP contribution in [0.5, 0.6) is 0 Å². The normalized spacial score (nSPS) is 15.4. The molecule has 2 aromatic rings.